The van der Waals surface area contributed by atoms with Crippen LogP contribution in [0.15, 0.2) is 53.4 Å². The molecule has 6 heteroatoms. The van der Waals surface area contributed by atoms with Crippen molar-refractivity contribution >= 4 is 21.7 Å². The van der Waals surface area contributed by atoms with Gasteiger partial charge in [-0.2, -0.15) is 0 Å². The number of anilines is 1. The maximum absolute atomic E-state index is 12.1. The van der Waals surface area contributed by atoms with E-state index in [4.69, 9.17) is 0 Å². The average molecular weight is 332 g/mol. The lowest BCUT2D eigenvalue weighted by Gasteiger charge is -2.09. The van der Waals surface area contributed by atoms with Crippen LogP contribution in [-0.4, -0.2) is 14.4 Å². The smallest absolute Gasteiger partial charge is 0.307 e. The van der Waals surface area contributed by atoms with E-state index in [1.54, 1.807) is 24.3 Å². The second-order valence-corrected chi connectivity index (χ2v) is 7.00. The van der Waals surface area contributed by atoms with Crippen LogP contribution in [0.2, 0.25) is 0 Å². The Hall–Kier alpha value is -2.34. The van der Waals surface area contributed by atoms with Gasteiger partial charge in [-0.3, -0.25) is 0 Å². The fourth-order valence-corrected chi connectivity index (χ4v) is 3.01. The lowest BCUT2D eigenvalue weighted by atomic mass is 10.1. The van der Waals surface area contributed by atoms with Crippen LogP contribution in [0, 0.1) is 6.92 Å². The van der Waals surface area contributed by atoms with E-state index in [9.17, 15) is 13.2 Å². The zero-order valence-corrected chi connectivity index (χ0v) is 14.0. The number of sulfonamides is 1. The Kier molecular flexibility index (Phi) is 5.39. The Bertz CT molecular complexity index is 766. The third kappa shape index (κ3) is 4.82. The highest BCUT2D eigenvalue weighted by atomic mass is 32.2. The molecule has 0 bridgehead atoms. The number of hydrogen-bond donors (Lipinski definition) is 2. The minimum Gasteiger partial charge on any atom is -0.307 e. The maximum Gasteiger partial charge on any atom is 0.333 e. The fourth-order valence-electron chi connectivity index (χ4n) is 2.10. The predicted molar refractivity (Wildman–Crippen MR) is 91.0 cm³/mol. The summed E-state index contributed by atoms with van der Waals surface area (Å²) < 4.78 is 26.2. The molecule has 2 rings (SSSR count). The standard InChI is InChI=1S/C17H20N2O3S/c1-3-4-14-7-9-15(10-8-14)18-17(20)19-23(21,22)16-11-5-13(2)6-12-16/h5-12H,3-4H2,1-2H3,(H2,18,19,20). The minimum absolute atomic E-state index is 0.0524. The zero-order valence-electron chi connectivity index (χ0n) is 13.2. The predicted octanol–water partition coefficient (Wildman–Crippen LogP) is 3.46. The summed E-state index contributed by atoms with van der Waals surface area (Å²) in [4.78, 5) is 11.9. The van der Waals surface area contributed by atoms with Gasteiger partial charge in [0, 0.05) is 5.69 Å². The first-order valence-corrected chi connectivity index (χ1v) is 8.88. The SMILES string of the molecule is CCCc1ccc(NC(=O)NS(=O)(=O)c2ccc(C)cc2)cc1. The van der Waals surface area contributed by atoms with Gasteiger partial charge in [0.1, 0.15) is 0 Å². The summed E-state index contributed by atoms with van der Waals surface area (Å²) in [5.74, 6) is 0. The highest BCUT2D eigenvalue weighted by molar-refractivity contribution is 7.90. The largest absolute Gasteiger partial charge is 0.333 e. The number of rotatable bonds is 5. The molecule has 0 unspecified atom stereocenters. The molecular formula is C17H20N2O3S. The van der Waals surface area contributed by atoms with Crippen LogP contribution < -0.4 is 10.0 Å². The molecule has 0 saturated heterocycles. The Morgan fingerprint density at radius 3 is 2.17 bits per heavy atom. The summed E-state index contributed by atoms with van der Waals surface area (Å²) in [5, 5.41) is 2.52. The number of carbonyl (C=O) groups is 1. The van der Waals surface area contributed by atoms with Crippen molar-refractivity contribution < 1.29 is 13.2 Å². The van der Waals surface area contributed by atoms with Crippen molar-refractivity contribution in [3.8, 4) is 0 Å². The van der Waals surface area contributed by atoms with Gasteiger partial charge in [0.2, 0.25) is 0 Å². The third-order valence-corrected chi connectivity index (χ3v) is 4.66. The molecule has 0 aliphatic rings. The Balaban J connectivity index is 2.02. The molecule has 23 heavy (non-hydrogen) atoms. The van der Waals surface area contributed by atoms with Crippen LogP contribution in [0.1, 0.15) is 24.5 Å². The van der Waals surface area contributed by atoms with Crippen molar-refractivity contribution in [1.82, 2.24) is 4.72 Å². The van der Waals surface area contributed by atoms with Crippen molar-refractivity contribution in [2.75, 3.05) is 5.32 Å². The minimum atomic E-state index is -3.88. The molecule has 2 N–H and O–H groups in total. The second-order valence-electron chi connectivity index (χ2n) is 5.32. The molecule has 2 amide bonds. The summed E-state index contributed by atoms with van der Waals surface area (Å²) in [6.07, 6.45) is 2.01. The molecule has 0 aliphatic carbocycles. The first-order valence-electron chi connectivity index (χ1n) is 7.40. The number of amides is 2. The first kappa shape index (κ1) is 17.0. The van der Waals surface area contributed by atoms with Crippen LogP contribution in [-0.2, 0) is 16.4 Å². The van der Waals surface area contributed by atoms with Gasteiger partial charge < -0.3 is 5.32 Å². The summed E-state index contributed by atoms with van der Waals surface area (Å²) in [5.41, 5.74) is 2.66. The number of benzene rings is 2. The van der Waals surface area contributed by atoms with Gasteiger partial charge in [-0.1, -0.05) is 43.2 Å². The number of carbonyl (C=O) groups excluding carboxylic acids is 1. The van der Waals surface area contributed by atoms with Gasteiger partial charge in [0.25, 0.3) is 10.0 Å². The zero-order chi connectivity index (χ0) is 16.9. The lowest BCUT2D eigenvalue weighted by molar-refractivity contribution is 0.256. The number of aryl methyl sites for hydroxylation is 2. The molecule has 2 aromatic carbocycles. The van der Waals surface area contributed by atoms with Crippen molar-refractivity contribution in [2.45, 2.75) is 31.6 Å². The monoisotopic (exact) mass is 332 g/mol. The molecule has 2 aromatic rings. The Morgan fingerprint density at radius 2 is 1.61 bits per heavy atom. The maximum atomic E-state index is 12.1. The number of hydrogen-bond acceptors (Lipinski definition) is 3. The van der Waals surface area contributed by atoms with Gasteiger partial charge in [0.15, 0.2) is 0 Å². The molecule has 5 nitrogen and oxygen atoms in total. The van der Waals surface area contributed by atoms with Crippen LogP contribution in [0.3, 0.4) is 0 Å². The average Bonchev–Trinajstić information content (AvgIpc) is 2.49. The molecule has 0 atom stereocenters. The van der Waals surface area contributed by atoms with Gasteiger partial charge in [0.05, 0.1) is 4.90 Å². The Labute approximate surface area is 136 Å². The van der Waals surface area contributed by atoms with Crippen LogP contribution >= 0.6 is 0 Å². The number of nitrogens with one attached hydrogen (secondary N) is 2. The van der Waals surface area contributed by atoms with E-state index in [0.717, 1.165) is 18.4 Å². The highest BCUT2D eigenvalue weighted by Crippen LogP contribution is 2.12. The quantitative estimate of drug-likeness (QED) is 0.880. The second kappa shape index (κ2) is 7.28. The molecule has 122 valence electrons. The summed E-state index contributed by atoms with van der Waals surface area (Å²) in [6, 6.07) is 12.8. The van der Waals surface area contributed by atoms with E-state index in [0.29, 0.717) is 5.69 Å². The topological polar surface area (TPSA) is 75.3 Å². The molecule has 0 heterocycles. The first-order chi connectivity index (χ1) is 10.9. The van der Waals surface area contributed by atoms with Crippen molar-refractivity contribution in [2.24, 2.45) is 0 Å². The fraction of sp³-hybridized carbons (Fsp3) is 0.235. The van der Waals surface area contributed by atoms with Gasteiger partial charge in [-0.15, -0.1) is 0 Å². The van der Waals surface area contributed by atoms with Gasteiger partial charge in [-0.25, -0.2) is 17.9 Å². The molecule has 0 saturated carbocycles. The van der Waals surface area contributed by atoms with E-state index in [1.807, 2.05) is 23.8 Å². The van der Waals surface area contributed by atoms with Crippen molar-refractivity contribution in [3.63, 3.8) is 0 Å². The van der Waals surface area contributed by atoms with Crippen molar-refractivity contribution in [1.29, 1.82) is 0 Å². The number of urea groups is 1. The van der Waals surface area contributed by atoms with E-state index >= 15 is 0 Å². The molecular weight excluding hydrogens is 312 g/mol. The van der Waals surface area contributed by atoms with Gasteiger partial charge in [-0.05, 0) is 43.2 Å². The molecule has 0 spiro atoms. The Morgan fingerprint density at radius 1 is 1.00 bits per heavy atom. The normalized spacial score (nSPS) is 11.0. The van der Waals surface area contributed by atoms with Crippen LogP contribution in [0.4, 0.5) is 10.5 Å². The van der Waals surface area contributed by atoms with Crippen LogP contribution in [0.25, 0.3) is 0 Å². The molecule has 0 radical (unpaired) electrons. The summed E-state index contributed by atoms with van der Waals surface area (Å²) >= 11 is 0. The van der Waals surface area contributed by atoms with E-state index in [1.165, 1.54) is 17.7 Å². The molecule has 0 aliphatic heterocycles. The third-order valence-electron chi connectivity index (χ3n) is 3.31. The van der Waals surface area contributed by atoms with Crippen LogP contribution in [0.5, 0.6) is 0 Å². The summed E-state index contributed by atoms with van der Waals surface area (Å²) in [6.45, 7) is 3.95. The van der Waals surface area contributed by atoms with E-state index in [2.05, 4.69) is 12.2 Å². The summed E-state index contributed by atoms with van der Waals surface area (Å²) in [7, 11) is -3.88. The molecule has 0 aromatic heterocycles. The highest BCUT2D eigenvalue weighted by Gasteiger charge is 2.17. The molecule has 0 fully saturated rings. The van der Waals surface area contributed by atoms with E-state index < -0.39 is 16.1 Å². The van der Waals surface area contributed by atoms with Gasteiger partial charge >= 0.3 is 6.03 Å². The van der Waals surface area contributed by atoms with E-state index in [-0.39, 0.29) is 4.90 Å². The van der Waals surface area contributed by atoms with Crippen molar-refractivity contribution in [3.05, 3.63) is 59.7 Å². The lowest BCUT2D eigenvalue weighted by Crippen LogP contribution is -2.34.